The number of anilines is 1. The molecule has 43 heavy (non-hydrogen) atoms. The molecule has 0 spiro atoms. The molecule has 0 radical (unpaired) electrons. The van der Waals surface area contributed by atoms with E-state index < -0.39 is 0 Å². The molecule has 3 aromatic carbocycles. The molecule has 2 fully saturated rings. The first-order valence-electron chi connectivity index (χ1n) is 15.6. The number of ether oxygens (including phenoxy) is 1. The number of hydrogen-bond donors (Lipinski definition) is 2. The fourth-order valence-corrected chi connectivity index (χ4v) is 6.79. The number of aromatic amines is 1. The first-order valence-corrected chi connectivity index (χ1v) is 15.6. The second-order valence-corrected chi connectivity index (χ2v) is 11.9. The number of para-hydroxylation sites is 1. The maximum atomic E-state index is 13.5. The highest BCUT2D eigenvalue weighted by Gasteiger charge is 2.25. The van der Waals surface area contributed by atoms with Gasteiger partial charge in [-0.15, -0.1) is 0 Å². The van der Waals surface area contributed by atoms with E-state index in [4.69, 9.17) is 9.72 Å². The summed E-state index contributed by atoms with van der Waals surface area (Å²) in [4.78, 5) is 27.2. The van der Waals surface area contributed by atoms with Crippen LogP contribution in [0.5, 0.6) is 5.75 Å². The number of pyridine rings is 1. The highest BCUT2D eigenvalue weighted by atomic mass is 16.5. The smallest absolute Gasteiger partial charge is 0.274 e. The lowest BCUT2D eigenvalue weighted by Crippen LogP contribution is -2.46. The van der Waals surface area contributed by atoms with Crippen molar-refractivity contribution in [1.29, 1.82) is 0 Å². The van der Waals surface area contributed by atoms with Gasteiger partial charge in [-0.05, 0) is 106 Å². The molecule has 220 valence electrons. The van der Waals surface area contributed by atoms with E-state index in [2.05, 4.69) is 38.3 Å². The van der Waals surface area contributed by atoms with Crippen molar-refractivity contribution in [2.45, 2.75) is 44.7 Å². The number of aromatic nitrogens is 2. The van der Waals surface area contributed by atoms with E-state index in [1.165, 1.54) is 50.8 Å². The molecule has 4 heterocycles. The summed E-state index contributed by atoms with van der Waals surface area (Å²) in [6.07, 6.45) is 6.65. The Bertz CT molecular complexity index is 1710. The van der Waals surface area contributed by atoms with Crippen molar-refractivity contribution >= 4 is 33.4 Å². The molecule has 7 rings (SSSR count). The number of benzene rings is 3. The molecular weight excluding hydrogens is 534 g/mol. The molecule has 5 aromatic rings. The molecule has 0 unspecified atom stereocenters. The summed E-state index contributed by atoms with van der Waals surface area (Å²) in [5.74, 6) is 0.547. The molecule has 2 aromatic heterocycles. The van der Waals surface area contributed by atoms with E-state index in [1.54, 1.807) is 7.11 Å². The number of hydrogen-bond acceptors (Lipinski definition) is 5. The number of nitrogens with one attached hydrogen (secondary N) is 2. The summed E-state index contributed by atoms with van der Waals surface area (Å²) < 4.78 is 5.35. The quantitative estimate of drug-likeness (QED) is 0.217. The van der Waals surface area contributed by atoms with E-state index in [1.807, 2.05) is 60.7 Å². The number of carbonyl (C=O) groups excluding carboxylic acids is 1. The maximum absolute atomic E-state index is 13.5. The van der Waals surface area contributed by atoms with Crippen molar-refractivity contribution in [1.82, 2.24) is 19.8 Å². The van der Waals surface area contributed by atoms with Crippen LogP contribution in [0.25, 0.3) is 33.1 Å². The SMILES string of the molecule is COc1ccc(-c2nc(C(=O)Nc3ccc(CN4CCC(N5CCCCC5)CC4)cc3)cc3c2[nH]c2ccccc23)cc1. The van der Waals surface area contributed by atoms with Gasteiger partial charge in [0.15, 0.2) is 0 Å². The van der Waals surface area contributed by atoms with Crippen LogP contribution < -0.4 is 10.1 Å². The van der Waals surface area contributed by atoms with E-state index >= 15 is 0 Å². The highest BCUT2D eigenvalue weighted by molar-refractivity contribution is 6.14. The van der Waals surface area contributed by atoms with Crippen molar-refractivity contribution in [2.75, 3.05) is 38.6 Å². The Balaban J connectivity index is 1.06. The molecule has 2 N–H and O–H groups in total. The van der Waals surface area contributed by atoms with Gasteiger partial charge in [0, 0.05) is 40.1 Å². The number of rotatable bonds is 7. The lowest BCUT2D eigenvalue weighted by atomic mass is 9.99. The molecular formula is C36H39N5O2. The molecule has 0 saturated carbocycles. The molecule has 2 aliphatic rings. The van der Waals surface area contributed by atoms with E-state index in [-0.39, 0.29) is 5.91 Å². The average Bonchev–Trinajstić information content (AvgIpc) is 3.45. The zero-order valence-corrected chi connectivity index (χ0v) is 24.8. The lowest BCUT2D eigenvalue weighted by Gasteiger charge is -2.40. The van der Waals surface area contributed by atoms with Gasteiger partial charge in [-0.1, -0.05) is 36.8 Å². The summed E-state index contributed by atoms with van der Waals surface area (Å²) in [6.45, 7) is 5.82. The molecule has 1 amide bonds. The van der Waals surface area contributed by atoms with Crippen LogP contribution in [0.3, 0.4) is 0 Å². The number of amides is 1. The van der Waals surface area contributed by atoms with Crippen molar-refractivity contribution in [2.24, 2.45) is 0 Å². The summed E-state index contributed by atoms with van der Waals surface area (Å²) in [7, 11) is 1.65. The third-order valence-electron chi connectivity index (χ3n) is 9.17. The standard InChI is InChI=1S/C36H39N5O2/c1-43-29-15-11-26(12-16-29)34-35-31(30-7-3-4-8-32(30)38-35)23-33(39-34)36(42)37-27-13-9-25(10-14-27)24-40-21-17-28(18-22-40)41-19-5-2-6-20-41/h3-4,7-16,23,28,38H,2,5-6,17-22,24H2,1H3,(H,37,42). The van der Waals surface area contributed by atoms with Gasteiger partial charge < -0.3 is 19.9 Å². The Morgan fingerprint density at radius 2 is 1.65 bits per heavy atom. The van der Waals surface area contributed by atoms with Crippen LogP contribution in [0.4, 0.5) is 5.69 Å². The number of piperidine rings is 2. The number of nitrogens with zero attached hydrogens (tertiary/aromatic N) is 3. The number of likely N-dealkylation sites (tertiary alicyclic amines) is 2. The number of fused-ring (bicyclic) bond motifs is 3. The lowest BCUT2D eigenvalue weighted by molar-refractivity contribution is 0.0896. The molecule has 7 nitrogen and oxygen atoms in total. The van der Waals surface area contributed by atoms with Gasteiger partial charge in [0.1, 0.15) is 11.4 Å². The van der Waals surface area contributed by atoms with Gasteiger partial charge in [0.25, 0.3) is 5.91 Å². The second kappa shape index (κ2) is 12.2. The van der Waals surface area contributed by atoms with E-state index in [0.29, 0.717) is 5.69 Å². The topological polar surface area (TPSA) is 73.5 Å². The maximum Gasteiger partial charge on any atom is 0.274 e. The third kappa shape index (κ3) is 5.88. The minimum atomic E-state index is -0.227. The van der Waals surface area contributed by atoms with Gasteiger partial charge in [0.05, 0.1) is 18.3 Å². The minimum Gasteiger partial charge on any atom is -0.497 e. The molecule has 7 heteroatoms. The van der Waals surface area contributed by atoms with Crippen molar-refractivity contribution in [3.05, 3.63) is 90.1 Å². The number of methoxy groups -OCH3 is 1. The Morgan fingerprint density at radius 1 is 0.907 bits per heavy atom. The molecule has 2 saturated heterocycles. The van der Waals surface area contributed by atoms with Crippen LogP contribution in [0.15, 0.2) is 78.9 Å². The van der Waals surface area contributed by atoms with Crippen LogP contribution in [0, 0.1) is 0 Å². The minimum absolute atomic E-state index is 0.227. The molecule has 0 aliphatic carbocycles. The van der Waals surface area contributed by atoms with Gasteiger partial charge in [0.2, 0.25) is 0 Å². The highest BCUT2D eigenvalue weighted by Crippen LogP contribution is 2.33. The normalized spacial score (nSPS) is 17.0. The van der Waals surface area contributed by atoms with Crippen LogP contribution in [-0.2, 0) is 6.54 Å². The zero-order valence-electron chi connectivity index (χ0n) is 24.8. The Labute approximate surface area is 252 Å². The summed E-state index contributed by atoms with van der Waals surface area (Å²) in [5.41, 5.74) is 5.99. The zero-order chi connectivity index (χ0) is 29.2. The average molecular weight is 574 g/mol. The fourth-order valence-electron chi connectivity index (χ4n) is 6.79. The molecule has 2 aliphatic heterocycles. The van der Waals surface area contributed by atoms with Gasteiger partial charge in [-0.25, -0.2) is 4.98 Å². The number of carbonyl (C=O) groups is 1. The van der Waals surface area contributed by atoms with Crippen LogP contribution >= 0.6 is 0 Å². The van der Waals surface area contributed by atoms with E-state index in [9.17, 15) is 4.79 Å². The molecule has 0 bridgehead atoms. The van der Waals surface area contributed by atoms with Gasteiger partial charge >= 0.3 is 0 Å². The largest absolute Gasteiger partial charge is 0.497 e. The first kappa shape index (κ1) is 27.6. The van der Waals surface area contributed by atoms with E-state index in [0.717, 1.165) is 70.2 Å². The van der Waals surface area contributed by atoms with Crippen LogP contribution in [0.2, 0.25) is 0 Å². The second-order valence-electron chi connectivity index (χ2n) is 11.9. The summed E-state index contributed by atoms with van der Waals surface area (Å²) in [6, 6.07) is 26.8. The summed E-state index contributed by atoms with van der Waals surface area (Å²) in [5, 5.41) is 5.12. The third-order valence-corrected chi connectivity index (χ3v) is 9.17. The molecule has 0 atom stereocenters. The predicted octanol–water partition coefficient (Wildman–Crippen LogP) is 7.09. The van der Waals surface area contributed by atoms with Crippen molar-refractivity contribution < 1.29 is 9.53 Å². The summed E-state index contributed by atoms with van der Waals surface area (Å²) >= 11 is 0. The monoisotopic (exact) mass is 573 g/mol. The fraction of sp³-hybridized carbons (Fsp3) is 0.333. The predicted molar refractivity (Wildman–Crippen MR) is 174 cm³/mol. The van der Waals surface area contributed by atoms with Crippen LogP contribution in [0.1, 0.15) is 48.2 Å². The van der Waals surface area contributed by atoms with Gasteiger partial charge in [-0.3, -0.25) is 9.69 Å². The van der Waals surface area contributed by atoms with Crippen molar-refractivity contribution in [3.63, 3.8) is 0 Å². The van der Waals surface area contributed by atoms with Crippen LogP contribution in [-0.4, -0.2) is 65.0 Å². The Morgan fingerprint density at radius 3 is 2.40 bits per heavy atom. The number of H-pyrrole nitrogens is 1. The van der Waals surface area contributed by atoms with Crippen molar-refractivity contribution in [3.8, 4) is 17.0 Å². The first-order chi connectivity index (χ1) is 21.1. The van der Waals surface area contributed by atoms with Gasteiger partial charge in [-0.2, -0.15) is 0 Å². The Kier molecular flexibility index (Phi) is 7.83. The Hall–Kier alpha value is -4.20.